The summed E-state index contributed by atoms with van der Waals surface area (Å²) in [6.45, 7) is 0.731. The number of aromatic nitrogens is 2. The van der Waals surface area contributed by atoms with Crippen molar-refractivity contribution >= 4 is 28.9 Å². The number of thiophene rings is 1. The molecule has 0 spiro atoms. The van der Waals surface area contributed by atoms with Crippen LogP contribution in [0.1, 0.15) is 5.56 Å². The summed E-state index contributed by atoms with van der Waals surface area (Å²) < 4.78 is 2.67. The smallest absolute Gasteiger partial charge is 0.200 e. The van der Waals surface area contributed by atoms with Crippen molar-refractivity contribution in [1.29, 1.82) is 0 Å². The Bertz CT molecular complexity index is 407. The highest BCUT2D eigenvalue weighted by molar-refractivity contribution is 7.14. The molecule has 0 amide bonds. The molecule has 0 atom stereocenters. The molecule has 0 fully saturated rings. The minimum atomic E-state index is 0.530. The highest BCUT2D eigenvalue weighted by Crippen LogP contribution is 2.20. The van der Waals surface area contributed by atoms with E-state index in [0.29, 0.717) is 5.95 Å². The van der Waals surface area contributed by atoms with E-state index in [1.54, 1.807) is 6.20 Å². The van der Waals surface area contributed by atoms with Gasteiger partial charge in [-0.2, -0.15) is 0 Å². The molecule has 2 heterocycles. The van der Waals surface area contributed by atoms with Crippen LogP contribution < -0.4 is 5.73 Å². The maximum atomic E-state index is 5.80. The summed E-state index contributed by atoms with van der Waals surface area (Å²) in [5.41, 5.74) is 6.77. The number of nitrogens with zero attached hydrogens (tertiary/aromatic N) is 2. The van der Waals surface area contributed by atoms with Crippen molar-refractivity contribution in [2.24, 2.45) is 0 Å². The number of hydrogen-bond acceptors (Lipinski definition) is 3. The van der Waals surface area contributed by atoms with Crippen LogP contribution in [0.3, 0.4) is 0 Å². The lowest BCUT2D eigenvalue weighted by atomic mass is 10.3. The van der Waals surface area contributed by atoms with Gasteiger partial charge in [-0.1, -0.05) is 11.6 Å². The average Bonchev–Trinajstić information content (AvgIpc) is 2.64. The van der Waals surface area contributed by atoms with Crippen molar-refractivity contribution < 1.29 is 0 Å². The predicted octanol–water partition coefficient (Wildman–Crippen LogP) is 2.23. The third kappa shape index (κ3) is 1.84. The summed E-state index contributed by atoms with van der Waals surface area (Å²) in [6, 6.07) is 1.94. The van der Waals surface area contributed by atoms with Crippen molar-refractivity contribution in [2.45, 2.75) is 6.54 Å². The fourth-order valence-electron chi connectivity index (χ4n) is 1.10. The van der Waals surface area contributed by atoms with Crippen LogP contribution in [0, 0.1) is 0 Å². The monoisotopic (exact) mass is 213 g/mol. The quantitative estimate of drug-likeness (QED) is 0.832. The van der Waals surface area contributed by atoms with Gasteiger partial charge in [-0.05, 0) is 17.0 Å². The lowest BCUT2D eigenvalue weighted by molar-refractivity contribution is 0.814. The highest BCUT2D eigenvalue weighted by atomic mass is 35.5. The molecule has 5 heteroatoms. The number of hydrogen-bond donors (Lipinski definition) is 1. The van der Waals surface area contributed by atoms with E-state index >= 15 is 0 Å². The Balaban J connectivity index is 2.19. The van der Waals surface area contributed by atoms with E-state index in [9.17, 15) is 0 Å². The van der Waals surface area contributed by atoms with Crippen LogP contribution in [0.5, 0.6) is 0 Å². The Morgan fingerprint density at radius 2 is 2.46 bits per heavy atom. The molecule has 3 nitrogen and oxygen atoms in total. The first kappa shape index (κ1) is 8.59. The molecule has 2 N–H and O–H groups in total. The fourth-order valence-corrected chi connectivity index (χ4v) is 2.00. The Morgan fingerprint density at radius 1 is 1.62 bits per heavy atom. The summed E-state index contributed by atoms with van der Waals surface area (Å²) in [5, 5.41) is 2.02. The third-order valence-corrected chi connectivity index (χ3v) is 2.86. The second-order valence-electron chi connectivity index (χ2n) is 2.67. The maximum absolute atomic E-state index is 5.80. The van der Waals surface area contributed by atoms with Crippen LogP contribution >= 0.6 is 22.9 Å². The fraction of sp³-hybridized carbons (Fsp3) is 0.125. The summed E-state index contributed by atoms with van der Waals surface area (Å²) in [4.78, 5) is 3.93. The second-order valence-corrected chi connectivity index (χ2v) is 4.21. The van der Waals surface area contributed by atoms with Gasteiger partial charge in [0.15, 0.2) is 5.95 Å². The second kappa shape index (κ2) is 3.40. The van der Waals surface area contributed by atoms with Crippen LogP contribution in [0.4, 0.5) is 5.95 Å². The molecule has 0 aliphatic carbocycles. The van der Waals surface area contributed by atoms with E-state index in [0.717, 1.165) is 16.4 Å². The van der Waals surface area contributed by atoms with Crippen LogP contribution in [0.2, 0.25) is 4.34 Å². The van der Waals surface area contributed by atoms with Crippen molar-refractivity contribution in [3.63, 3.8) is 0 Å². The van der Waals surface area contributed by atoms with Crippen molar-refractivity contribution in [1.82, 2.24) is 9.55 Å². The molecule has 0 saturated heterocycles. The topological polar surface area (TPSA) is 43.8 Å². The zero-order chi connectivity index (χ0) is 9.26. The minimum Gasteiger partial charge on any atom is -0.369 e. The molecule has 0 bridgehead atoms. The summed E-state index contributed by atoms with van der Waals surface area (Å²) >= 11 is 7.33. The minimum absolute atomic E-state index is 0.530. The first-order chi connectivity index (χ1) is 6.25. The third-order valence-electron chi connectivity index (χ3n) is 1.72. The molecule has 0 aliphatic heterocycles. The number of nitrogens with two attached hydrogens (primary N) is 1. The van der Waals surface area contributed by atoms with Crippen molar-refractivity contribution in [3.05, 3.63) is 33.7 Å². The van der Waals surface area contributed by atoms with E-state index in [4.69, 9.17) is 17.3 Å². The molecule has 2 rings (SSSR count). The molecule has 0 aliphatic rings. The Morgan fingerprint density at radius 3 is 3.00 bits per heavy atom. The van der Waals surface area contributed by atoms with Gasteiger partial charge in [0.1, 0.15) is 0 Å². The van der Waals surface area contributed by atoms with Gasteiger partial charge in [0.25, 0.3) is 0 Å². The predicted molar refractivity (Wildman–Crippen MR) is 55.1 cm³/mol. The number of anilines is 1. The van der Waals surface area contributed by atoms with Crippen molar-refractivity contribution in [2.75, 3.05) is 5.73 Å². The van der Waals surface area contributed by atoms with E-state index < -0.39 is 0 Å². The van der Waals surface area contributed by atoms with E-state index in [-0.39, 0.29) is 0 Å². The lowest BCUT2D eigenvalue weighted by Crippen LogP contribution is -2.02. The van der Waals surface area contributed by atoms with Crippen molar-refractivity contribution in [3.8, 4) is 0 Å². The molecule has 2 aromatic heterocycles. The lowest BCUT2D eigenvalue weighted by Gasteiger charge is -2.00. The number of nitrogen functional groups attached to an aromatic ring is 1. The molecular weight excluding hydrogens is 206 g/mol. The largest absolute Gasteiger partial charge is 0.369 e. The van der Waals surface area contributed by atoms with Gasteiger partial charge in [-0.25, -0.2) is 4.98 Å². The number of imidazole rings is 1. The molecule has 68 valence electrons. The summed E-state index contributed by atoms with van der Waals surface area (Å²) in [6.07, 6.45) is 3.53. The first-order valence-electron chi connectivity index (χ1n) is 3.75. The maximum Gasteiger partial charge on any atom is 0.200 e. The van der Waals surface area contributed by atoms with Gasteiger partial charge in [-0.15, -0.1) is 11.3 Å². The number of halogens is 1. The normalized spacial score (nSPS) is 10.5. The molecular formula is C8H8ClN3S. The summed E-state index contributed by atoms with van der Waals surface area (Å²) in [5.74, 6) is 0.530. The Kier molecular flexibility index (Phi) is 2.24. The van der Waals surface area contributed by atoms with E-state index in [1.165, 1.54) is 11.3 Å². The Labute approximate surface area is 84.8 Å². The highest BCUT2D eigenvalue weighted by Gasteiger charge is 2.01. The Hall–Kier alpha value is -1.00. The average molecular weight is 214 g/mol. The zero-order valence-electron chi connectivity index (χ0n) is 6.77. The van der Waals surface area contributed by atoms with Gasteiger partial charge in [0, 0.05) is 12.4 Å². The van der Waals surface area contributed by atoms with Crippen LogP contribution in [-0.4, -0.2) is 9.55 Å². The molecule has 0 unspecified atom stereocenters. The summed E-state index contributed by atoms with van der Waals surface area (Å²) in [7, 11) is 0. The SMILES string of the molecule is Nc1nccn1Cc1csc(Cl)c1. The first-order valence-corrected chi connectivity index (χ1v) is 5.01. The van der Waals surface area contributed by atoms with E-state index in [2.05, 4.69) is 4.98 Å². The van der Waals surface area contributed by atoms with Crippen LogP contribution in [0.25, 0.3) is 0 Å². The van der Waals surface area contributed by atoms with Gasteiger partial charge < -0.3 is 10.3 Å². The van der Waals surface area contributed by atoms with E-state index in [1.807, 2.05) is 22.2 Å². The molecule has 0 aromatic carbocycles. The van der Waals surface area contributed by atoms with Gasteiger partial charge in [0.2, 0.25) is 0 Å². The molecule has 0 radical (unpaired) electrons. The van der Waals surface area contributed by atoms with Crippen LogP contribution in [0.15, 0.2) is 23.8 Å². The zero-order valence-corrected chi connectivity index (χ0v) is 8.35. The van der Waals surface area contributed by atoms with Gasteiger partial charge >= 0.3 is 0 Å². The van der Waals surface area contributed by atoms with Gasteiger partial charge in [0.05, 0.1) is 10.9 Å². The molecule has 2 aromatic rings. The molecule has 13 heavy (non-hydrogen) atoms. The van der Waals surface area contributed by atoms with Crippen LogP contribution in [-0.2, 0) is 6.54 Å². The van der Waals surface area contributed by atoms with Gasteiger partial charge in [-0.3, -0.25) is 0 Å². The molecule has 0 saturated carbocycles. The standard InChI is InChI=1S/C8H8ClN3S/c9-7-3-6(5-13-7)4-12-2-1-11-8(12)10/h1-3,5H,4H2,(H2,10,11). The number of rotatable bonds is 2.